The first kappa shape index (κ1) is 14.3. The van der Waals surface area contributed by atoms with Crippen molar-refractivity contribution in [3.63, 3.8) is 0 Å². The van der Waals surface area contributed by atoms with Gasteiger partial charge in [-0.1, -0.05) is 24.3 Å². The third kappa shape index (κ3) is 9.59. The summed E-state index contributed by atoms with van der Waals surface area (Å²) in [6.45, 7) is -0.220. The summed E-state index contributed by atoms with van der Waals surface area (Å²) in [4.78, 5) is 22.7. The maximum absolute atomic E-state index is 9.19. The summed E-state index contributed by atoms with van der Waals surface area (Å²) < 4.78 is 0. The molecule has 0 atom stereocenters. The minimum atomic E-state index is -3.81. The molecule has 0 bridgehead atoms. The van der Waals surface area contributed by atoms with Gasteiger partial charge in [0.1, 0.15) is 5.75 Å². The van der Waals surface area contributed by atoms with Crippen molar-refractivity contribution < 1.29 is 19.8 Å². The van der Waals surface area contributed by atoms with Gasteiger partial charge in [-0.15, -0.1) is 6.58 Å². The van der Waals surface area contributed by atoms with Crippen molar-refractivity contribution in [1.82, 2.24) is 0 Å². The highest BCUT2D eigenvalue weighted by molar-refractivity contribution is 8.06. The van der Waals surface area contributed by atoms with Crippen molar-refractivity contribution in [3.8, 4) is 5.75 Å². The van der Waals surface area contributed by atoms with Crippen LogP contribution in [-0.2, 0) is 18.2 Å². The highest BCUT2D eigenvalue weighted by Gasteiger charge is 1.93. The first-order valence-electron chi connectivity index (χ1n) is 4.00. The van der Waals surface area contributed by atoms with E-state index in [0.29, 0.717) is 5.75 Å². The van der Waals surface area contributed by atoms with Gasteiger partial charge in [0, 0.05) is 0 Å². The summed E-state index contributed by atoms with van der Waals surface area (Å²) >= 11 is 3.60. The van der Waals surface area contributed by atoms with Crippen molar-refractivity contribution in [2.75, 3.05) is 0 Å². The van der Waals surface area contributed by atoms with E-state index in [1.165, 1.54) is 0 Å². The lowest BCUT2D eigenvalue weighted by Gasteiger charge is -1.97. The molecule has 84 valence electrons. The third-order valence-corrected chi connectivity index (χ3v) is 1.36. The fourth-order valence-electron chi connectivity index (χ4n) is 0.839. The molecule has 6 heteroatoms. The Morgan fingerprint density at radius 1 is 1.27 bits per heavy atom. The molecular weight excluding hydrogens is 235 g/mol. The monoisotopic (exact) mass is 248 g/mol. The molecule has 0 saturated carbocycles. The molecule has 0 aliphatic heterocycles. The summed E-state index contributed by atoms with van der Waals surface area (Å²) in [5, 5.41) is 9.19. The van der Waals surface area contributed by atoms with Crippen LogP contribution in [0.25, 0.3) is 0 Å². The number of allylic oxidation sites excluding steroid dienone is 1. The number of hydrogen-bond donors (Lipinski definition) is 4. The number of phenolic OH excluding ortho intramolecular Hbond substituents is 1. The van der Waals surface area contributed by atoms with Crippen molar-refractivity contribution in [2.24, 2.45) is 0 Å². The van der Waals surface area contributed by atoms with Crippen molar-refractivity contribution in [3.05, 3.63) is 42.5 Å². The topological polar surface area (TPSA) is 80.9 Å². The third-order valence-electron chi connectivity index (χ3n) is 1.36. The van der Waals surface area contributed by atoms with Crippen LogP contribution in [0.5, 0.6) is 5.75 Å². The molecule has 0 heterocycles. The molecule has 1 rings (SSSR count). The minimum Gasteiger partial charge on any atom is -0.508 e. The van der Waals surface area contributed by atoms with E-state index in [-0.39, 0.29) is 0 Å². The zero-order valence-corrected chi connectivity index (χ0v) is 9.66. The van der Waals surface area contributed by atoms with Gasteiger partial charge in [0.2, 0.25) is 0 Å². The number of para-hydroxylation sites is 1. The summed E-state index contributed by atoms with van der Waals surface area (Å²) in [5.74, 6) is 0.349. The molecule has 0 aliphatic rings. The number of phenols is 1. The second kappa shape index (κ2) is 6.71. The molecule has 0 radical (unpaired) electrons. The molecule has 0 unspecified atom stereocenters. The average molecular weight is 248 g/mol. The highest BCUT2D eigenvalue weighted by Crippen LogP contribution is 2.26. The largest absolute Gasteiger partial charge is 0.508 e. The summed E-state index contributed by atoms with van der Waals surface area (Å²) in [6.07, 6.45) is 2.50. The number of hydrogen-bond acceptors (Lipinski definition) is 2. The van der Waals surface area contributed by atoms with Gasteiger partial charge >= 0.3 is 6.72 Å². The van der Waals surface area contributed by atoms with E-state index in [4.69, 9.17) is 14.7 Å². The number of aromatic hydroxyl groups is 1. The molecule has 0 amide bonds. The van der Waals surface area contributed by atoms with Crippen LogP contribution in [0, 0.1) is 0 Å². The standard InChI is InChI=1S/C9H10O.H3O3PS/c1-2-5-8-6-3-4-7-9(8)10;1-4(2,3)5/h2-4,6-7,10H,1,5H2;(H3,1,2,3,5). The van der Waals surface area contributed by atoms with Gasteiger partial charge in [0.25, 0.3) is 0 Å². The van der Waals surface area contributed by atoms with E-state index in [9.17, 15) is 5.11 Å². The molecule has 0 fully saturated rings. The lowest BCUT2D eigenvalue weighted by molar-refractivity contribution is 0.363. The van der Waals surface area contributed by atoms with Gasteiger partial charge < -0.3 is 19.8 Å². The molecule has 0 spiro atoms. The smallest absolute Gasteiger partial charge is 0.319 e. The molecule has 0 saturated heterocycles. The molecule has 4 N–H and O–H groups in total. The Hall–Kier alpha value is -0.710. The first-order valence-corrected chi connectivity index (χ1v) is 6.66. The lowest BCUT2D eigenvalue weighted by Crippen LogP contribution is -1.79. The van der Waals surface area contributed by atoms with Gasteiger partial charge in [-0.25, -0.2) is 0 Å². The molecule has 1 aromatic carbocycles. The van der Waals surface area contributed by atoms with Gasteiger partial charge in [0.05, 0.1) is 0 Å². The van der Waals surface area contributed by atoms with Gasteiger partial charge in [-0.05, 0) is 29.9 Å². The fourth-order valence-corrected chi connectivity index (χ4v) is 0.839. The molecule has 0 aromatic heterocycles. The first-order chi connectivity index (χ1) is 6.84. The maximum Gasteiger partial charge on any atom is 0.319 e. The minimum absolute atomic E-state index is 0.349. The molecule has 0 aliphatic carbocycles. The van der Waals surface area contributed by atoms with Crippen LogP contribution in [0.1, 0.15) is 5.56 Å². The Labute approximate surface area is 93.4 Å². The summed E-state index contributed by atoms with van der Waals surface area (Å²) in [7, 11) is 0. The number of benzene rings is 1. The van der Waals surface area contributed by atoms with Crippen molar-refractivity contribution >= 4 is 18.5 Å². The Kier molecular flexibility index (Phi) is 6.40. The van der Waals surface area contributed by atoms with Crippen LogP contribution in [0.3, 0.4) is 0 Å². The zero-order valence-electron chi connectivity index (χ0n) is 7.95. The van der Waals surface area contributed by atoms with Crippen LogP contribution in [-0.4, -0.2) is 19.8 Å². The Balaban J connectivity index is 0.000000336. The lowest BCUT2D eigenvalue weighted by atomic mass is 10.1. The fraction of sp³-hybridized carbons (Fsp3) is 0.111. The maximum atomic E-state index is 9.19. The Morgan fingerprint density at radius 2 is 1.73 bits per heavy atom. The van der Waals surface area contributed by atoms with Crippen LogP contribution in [0.2, 0.25) is 0 Å². The van der Waals surface area contributed by atoms with E-state index in [2.05, 4.69) is 18.4 Å². The normalized spacial score (nSPS) is 10.1. The second-order valence-electron chi connectivity index (χ2n) is 2.63. The van der Waals surface area contributed by atoms with Gasteiger partial charge in [0.15, 0.2) is 0 Å². The SMILES string of the molecule is C=CCc1ccccc1O.OP(O)(O)=S. The van der Waals surface area contributed by atoms with Crippen LogP contribution < -0.4 is 0 Å². The predicted molar refractivity (Wildman–Crippen MR) is 62.9 cm³/mol. The average Bonchev–Trinajstić information content (AvgIpc) is 2.06. The Morgan fingerprint density at radius 3 is 2.13 bits per heavy atom. The molecule has 1 aromatic rings. The van der Waals surface area contributed by atoms with Crippen LogP contribution in [0.15, 0.2) is 36.9 Å². The summed E-state index contributed by atoms with van der Waals surface area (Å²) in [6, 6.07) is 7.27. The molecule has 15 heavy (non-hydrogen) atoms. The van der Waals surface area contributed by atoms with Crippen molar-refractivity contribution in [1.29, 1.82) is 0 Å². The van der Waals surface area contributed by atoms with Crippen LogP contribution >= 0.6 is 6.72 Å². The van der Waals surface area contributed by atoms with E-state index in [0.717, 1.165) is 12.0 Å². The Bertz CT molecular complexity index is 353. The highest BCUT2D eigenvalue weighted by atomic mass is 32.5. The second-order valence-corrected chi connectivity index (χ2v) is 5.13. The van der Waals surface area contributed by atoms with E-state index < -0.39 is 6.72 Å². The van der Waals surface area contributed by atoms with Crippen LogP contribution in [0.4, 0.5) is 0 Å². The van der Waals surface area contributed by atoms with Gasteiger partial charge in [-0.2, -0.15) is 0 Å². The van der Waals surface area contributed by atoms with E-state index in [1.54, 1.807) is 12.1 Å². The zero-order chi connectivity index (χ0) is 11.9. The quantitative estimate of drug-likeness (QED) is 0.468. The summed E-state index contributed by atoms with van der Waals surface area (Å²) in [5.41, 5.74) is 0.928. The van der Waals surface area contributed by atoms with Crippen molar-refractivity contribution in [2.45, 2.75) is 6.42 Å². The predicted octanol–water partition coefficient (Wildman–Crippen LogP) is 1.31. The van der Waals surface area contributed by atoms with E-state index in [1.807, 2.05) is 18.2 Å². The molecule has 4 nitrogen and oxygen atoms in total. The van der Waals surface area contributed by atoms with Gasteiger partial charge in [-0.3, -0.25) is 0 Å². The molecular formula is C9H13O4PS. The number of rotatable bonds is 2. The van der Waals surface area contributed by atoms with E-state index >= 15 is 0 Å².